The maximum absolute atomic E-state index is 10.9. The molecule has 7 nitrogen and oxygen atoms in total. The Labute approximate surface area is 97.2 Å². The molecule has 0 spiro atoms. The number of aliphatic carboxylic acids is 1. The van der Waals surface area contributed by atoms with Gasteiger partial charge in [-0.2, -0.15) is 0 Å². The van der Waals surface area contributed by atoms with Crippen LogP contribution in [0.4, 0.5) is 11.4 Å². The average Bonchev–Trinajstić information content (AvgIpc) is 2.27. The second-order valence-electron chi connectivity index (χ2n) is 3.32. The smallest absolute Gasteiger partial charge is 0.333 e. The molecule has 1 aromatic rings. The van der Waals surface area contributed by atoms with Crippen molar-refractivity contribution in [2.24, 2.45) is 0 Å². The van der Waals surface area contributed by atoms with E-state index in [1.54, 1.807) is 6.07 Å². The fourth-order valence-corrected chi connectivity index (χ4v) is 1.29. The minimum absolute atomic E-state index is 0.0811. The van der Waals surface area contributed by atoms with Crippen LogP contribution in [0, 0.1) is 10.1 Å². The van der Waals surface area contributed by atoms with Crippen LogP contribution in [0.25, 0.3) is 0 Å². The van der Waals surface area contributed by atoms with Gasteiger partial charge in [0.1, 0.15) is 11.7 Å². The summed E-state index contributed by atoms with van der Waals surface area (Å²) in [6.07, 6.45) is 0. The molecule has 92 valence electrons. The first kappa shape index (κ1) is 12.8. The lowest BCUT2D eigenvalue weighted by Crippen LogP contribution is -2.25. The molecule has 1 rings (SSSR count). The van der Waals surface area contributed by atoms with E-state index in [2.05, 4.69) is 5.32 Å². The zero-order valence-corrected chi connectivity index (χ0v) is 9.34. The maximum atomic E-state index is 10.9. The average molecular weight is 240 g/mol. The molecule has 1 atom stereocenters. The lowest BCUT2D eigenvalue weighted by Gasteiger charge is -2.12. The van der Waals surface area contributed by atoms with Crippen molar-refractivity contribution in [1.82, 2.24) is 0 Å². The zero-order valence-electron chi connectivity index (χ0n) is 9.34. The van der Waals surface area contributed by atoms with Gasteiger partial charge in [-0.25, -0.2) is 0 Å². The van der Waals surface area contributed by atoms with Crippen molar-refractivity contribution in [3.05, 3.63) is 28.3 Å². The molecule has 1 unspecified atom stereocenters. The molecule has 1 aromatic carbocycles. The van der Waals surface area contributed by atoms with E-state index >= 15 is 0 Å². The zero-order chi connectivity index (χ0) is 13.0. The Bertz CT molecular complexity index is 446. The van der Waals surface area contributed by atoms with E-state index < -0.39 is 16.9 Å². The monoisotopic (exact) mass is 240 g/mol. The summed E-state index contributed by atoms with van der Waals surface area (Å²) in [7, 11) is 1.31. The second-order valence-corrected chi connectivity index (χ2v) is 3.32. The van der Waals surface area contributed by atoms with Gasteiger partial charge in [0.05, 0.1) is 12.0 Å². The summed E-state index contributed by atoms with van der Waals surface area (Å²) in [5.41, 5.74) is -0.160. The van der Waals surface area contributed by atoms with Crippen LogP contribution in [0.15, 0.2) is 18.2 Å². The highest BCUT2D eigenvalue weighted by Crippen LogP contribution is 2.34. The maximum Gasteiger partial charge on any atom is 0.333 e. The number of nitro groups is 1. The van der Waals surface area contributed by atoms with E-state index in [0.29, 0.717) is 0 Å². The molecule has 0 aromatic heterocycles. The number of benzene rings is 1. The number of rotatable bonds is 5. The van der Waals surface area contributed by atoms with E-state index in [9.17, 15) is 14.9 Å². The lowest BCUT2D eigenvalue weighted by molar-refractivity contribution is -0.384. The lowest BCUT2D eigenvalue weighted by atomic mass is 10.2. The van der Waals surface area contributed by atoms with E-state index in [-0.39, 0.29) is 17.1 Å². The van der Waals surface area contributed by atoms with Crippen LogP contribution >= 0.6 is 0 Å². The first-order valence-corrected chi connectivity index (χ1v) is 4.78. The highest BCUT2D eigenvalue weighted by molar-refractivity contribution is 5.79. The Morgan fingerprint density at radius 3 is 2.71 bits per heavy atom. The normalized spacial score (nSPS) is 11.6. The molecule has 0 aliphatic rings. The third-order valence-electron chi connectivity index (χ3n) is 2.14. The third-order valence-corrected chi connectivity index (χ3v) is 2.14. The number of hydrogen-bond donors (Lipinski definition) is 2. The molecule has 0 saturated heterocycles. The summed E-state index contributed by atoms with van der Waals surface area (Å²) in [4.78, 5) is 21.0. The van der Waals surface area contributed by atoms with Crippen LogP contribution in [0.5, 0.6) is 5.75 Å². The predicted octanol–water partition coefficient (Wildman–Crippen LogP) is 1.49. The predicted molar refractivity (Wildman–Crippen MR) is 60.4 cm³/mol. The minimum atomic E-state index is -1.10. The van der Waals surface area contributed by atoms with Gasteiger partial charge in [-0.1, -0.05) is 6.07 Å². The van der Waals surface area contributed by atoms with Crippen molar-refractivity contribution in [1.29, 1.82) is 0 Å². The third kappa shape index (κ3) is 2.83. The van der Waals surface area contributed by atoms with Crippen LogP contribution in [0.1, 0.15) is 6.92 Å². The van der Waals surface area contributed by atoms with Gasteiger partial charge >= 0.3 is 11.7 Å². The molecule has 0 bridgehead atoms. The van der Waals surface area contributed by atoms with E-state index in [4.69, 9.17) is 9.84 Å². The van der Waals surface area contributed by atoms with E-state index in [1.165, 1.54) is 26.2 Å². The number of hydrogen-bond acceptors (Lipinski definition) is 5. The molecule has 7 heteroatoms. The second kappa shape index (κ2) is 5.15. The fourth-order valence-electron chi connectivity index (χ4n) is 1.29. The Morgan fingerprint density at radius 2 is 2.24 bits per heavy atom. The molecule has 0 aliphatic heterocycles. The van der Waals surface area contributed by atoms with Gasteiger partial charge in [0.2, 0.25) is 0 Å². The number of carbonyl (C=O) groups is 1. The van der Waals surface area contributed by atoms with Gasteiger partial charge in [0.15, 0.2) is 5.75 Å². The number of nitrogens with zero attached hydrogens (tertiary/aromatic N) is 1. The molecule has 0 aliphatic carbocycles. The fraction of sp³-hybridized carbons (Fsp3) is 0.300. The molecule has 0 radical (unpaired) electrons. The molecule has 0 fully saturated rings. The first-order chi connectivity index (χ1) is 7.97. The number of carboxylic acids is 1. The van der Waals surface area contributed by atoms with Crippen LogP contribution in [0.3, 0.4) is 0 Å². The van der Waals surface area contributed by atoms with Crippen LogP contribution < -0.4 is 10.1 Å². The topological polar surface area (TPSA) is 102 Å². The van der Waals surface area contributed by atoms with Gasteiger partial charge in [0, 0.05) is 0 Å². The van der Waals surface area contributed by atoms with Crippen molar-refractivity contribution in [2.45, 2.75) is 13.0 Å². The number of methoxy groups -OCH3 is 1. The van der Waals surface area contributed by atoms with Crippen molar-refractivity contribution in [3.63, 3.8) is 0 Å². The van der Waals surface area contributed by atoms with Gasteiger partial charge in [-0.05, 0) is 19.1 Å². The Kier molecular flexibility index (Phi) is 3.86. The Hall–Kier alpha value is -2.31. The van der Waals surface area contributed by atoms with Gasteiger partial charge in [-0.15, -0.1) is 0 Å². The molecule has 0 amide bonds. The molecule has 0 saturated carbocycles. The highest BCUT2D eigenvalue weighted by Gasteiger charge is 2.22. The number of ether oxygens (including phenoxy) is 1. The van der Waals surface area contributed by atoms with Crippen LogP contribution in [-0.2, 0) is 4.79 Å². The van der Waals surface area contributed by atoms with Crippen molar-refractivity contribution < 1.29 is 19.6 Å². The summed E-state index contributed by atoms with van der Waals surface area (Å²) in [6, 6.07) is 3.48. The van der Waals surface area contributed by atoms with Gasteiger partial charge < -0.3 is 15.2 Å². The van der Waals surface area contributed by atoms with Crippen molar-refractivity contribution in [2.75, 3.05) is 12.4 Å². The summed E-state index contributed by atoms with van der Waals surface area (Å²) in [5, 5.41) is 22.2. The number of nitro benzene ring substituents is 1. The summed E-state index contributed by atoms with van der Waals surface area (Å²) < 4.78 is 4.86. The molecule has 2 N–H and O–H groups in total. The van der Waals surface area contributed by atoms with Crippen molar-refractivity contribution >= 4 is 17.3 Å². The van der Waals surface area contributed by atoms with Gasteiger partial charge in [0.25, 0.3) is 0 Å². The molecule has 0 heterocycles. The molecular weight excluding hydrogens is 228 g/mol. The minimum Gasteiger partial charge on any atom is -0.490 e. The van der Waals surface area contributed by atoms with Crippen LogP contribution in [0.2, 0.25) is 0 Å². The van der Waals surface area contributed by atoms with Crippen LogP contribution in [-0.4, -0.2) is 29.2 Å². The van der Waals surface area contributed by atoms with E-state index in [1.807, 2.05) is 0 Å². The SMILES string of the molecule is COc1cccc(NC(C)C(=O)O)c1[N+](=O)[O-]. The standard InChI is InChI=1S/C10H12N2O5/c1-6(10(13)14)11-7-4-3-5-8(17-2)9(7)12(15)16/h3-6,11H,1-2H3,(H,13,14). The molecule has 17 heavy (non-hydrogen) atoms. The molecular formula is C10H12N2O5. The van der Waals surface area contributed by atoms with Gasteiger partial charge in [-0.3, -0.25) is 14.9 Å². The largest absolute Gasteiger partial charge is 0.490 e. The quantitative estimate of drug-likeness (QED) is 0.597. The summed E-state index contributed by atoms with van der Waals surface area (Å²) in [5.74, 6) is -1.01. The number of nitrogens with one attached hydrogen (secondary N) is 1. The van der Waals surface area contributed by atoms with E-state index in [0.717, 1.165) is 0 Å². The number of anilines is 1. The van der Waals surface area contributed by atoms with Crippen molar-refractivity contribution in [3.8, 4) is 5.75 Å². The highest BCUT2D eigenvalue weighted by atomic mass is 16.6. The summed E-state index contributed by atoms with van der Waals surface area (Å²) >= 11 is 0. The summed E-state index contributed by atoms with van der Waals surface area (Å²) in [6.45, 7) is 1.39. The Morgan fingerprint density at radius 1 is 1.59 bits per heavy atom. The Balaban J connectivity index is 3.14. The number of carboxylic acid groups (broad SMARTS) is 1. The number of para-hydroxylation sites is 1. The first-order valence-electron chi connectivity index (χ1n) is 4.78.